The standard InChI is InChI=1S/C16H20N2OS/c1-11-5-3-4-6-13(11)7-12(2)18-9-15-8-14(10-20-15)16(17)19/h3-6,8,10,12,18H,7,9H2,1-2H3,(H2,17,19). The first-order valence-corrected chi connectivity index (χ1v) is 7.59. The first kappa shape index (κ1) is 14.8. The number of primary amides is 1. The van der Waals surface area contributed by atoms with Gasteiger partial charge in [-0.3, -0.25) is 4.79 Å². The number of amides is 1. The van der Waals surface area contributed by atoms with E-state index in [9.17, 15) is 4.79 Å². The quantitative estimate of drug-likeness (QED) is 0.858. The molecule has 0 radical (unpaired) electrons. The van der Waals surface area contributed by atoms with Crippen molar-refractivity contribution in [2.45, 2.75) is 32.9 Å². The molecule has 1 unspecified atom stereocenters. The first-order valence-electron chi connectivity index (χ1n) is 6.71. The van der Waals surface area contributed by atoms with Crippen LogP contribution in [-0.4, -0.2) is 11.9 Å². The second-order valence-corrected chi connectivity index (χ2v) is 6.07. The third-order valence-corrected chi connectivity index (χ3v) is 4.29. The average molecular weight is 288 g/mol. The summed E-state index contributed by atoms with van der Waals surface area (Å²) in [5, 5.41) is 5.30. The number of thiophene rings is 1. The summed E-state index contributed by atoms with van der Waals surface area (Å²) in [6, 6.07) is 10.7. The van der Waals surface area contributed by atoms with Crippen LogP contribution in [0.25, 0.3) is 0 Å². The number of hydrogen-bond donors (Lipinski definition) is 2. The molecular formula is C16H20N2OS. The maximum Gasteiger partial charge on any atom is 0.249 e. The van der Waals surface area contributed by atoms with Crippen LogP contribution in [0.2, 0.25) is 0 Å². The van der Waals surface area contributed by atoms with Crippen LogP contribution < -0.4 is 11.1 Å². The van der Waals surface area contributed by atoms with E-state index in [-0.39, 0.29) is 5.91 Å². The molecule has 0 spiro atoms. The third-order valence-electron chi connectivity index (χ3n) is 3.35. The van der Waals surface area contributed by atoms with Crippen LogP contribution in [0.1, 0.15) is 33.3 Å². The summed E-state index contributed by atoms with van der Waals surface area (Å²) in [5.41, 5.74) is 8.54. The molecule has 1 atom stereocenters. The molecule has 0 aliphatic carbocycles. The number of carbonyl (C=O) groups is 1. The highest BCUT2D eigenvalue weighted by atomic mass is 32.1. The molecule has 2 rings (SSSR count). The molecule has 106 valence electrons. The van der Waals surface area contributed by atoms with E-state index in [1.54, 1.807) is 11.3 Å². The van der Waals surface area contributed by atoms with Gasteiger partial charge in [0, 0.05) is 22.8 Å². The Bertz CT molecular complexity index is 592. The summed E-state index contributed by atoms with van der Waals surface area (Å²) < 4.78 is 0. The Balaban J connectivity index is 1.87. The lowest BCUT2D eigenvalue weighted by Crippen LogP contribution is -2.27. The molecule has 1 aromatic heterocycles. The van der Waals surface area contributed by atoms with E-state index < -0.39 is 0 Å². The molecule has 1 amide bonds. The topological polar surface area (TPSA) is 55.1 Å². The Hall–Kier alpha value is -1.65. The Morgan fingerprint density at radius 3 is 2.80 bits per heavy atom. The predicted octanol–water partition coefficient (Wildman–Crippen LogP) is 2.88. The minimum Gasteiger partial charge on any atom is -0.366 e. The van der Waals surface area contributed by atoms with Gasteiger partial charge in [-0.25, -0.2) is 0 Å². The number of hydrogen-bond acceptors (Lipinski definition) is 3. The smallest absolute Gasteiger partial charge is 0.249 e. The molecule has 20 heavy (non-hydrogen) atoms. The van der Waals surface area contributed by atoms with E-state index in [2.05, 4.69) is 43.4 Å². The molecule has 1 aromatic carbocycles. The van der Waals surface area contributed by atoms with Gasteiger partial charge in [-0.15, -0.1) is 11.3 Å². The highest BCUT2D eigenvalue weighted by Crippen LogP contribution is 2.15. The zero-order valence-corrected chi connectivity index (χ0v) is 12.7. The Morgan fingerprint density at radius 1 is 1.40 bits per heavy atom. The van der Waals surface area contributed by atoms with Gasteiger partial charge in [0.1, 0.15) is 0 Å². The maximum absolute atomic E-state index is 11.0. The molecule has 0 fully saturated rings. The number of carbonyl (C=O) groups excluding carboxylic acids is 1. The lowest BCUT2D eigenvalue weighted by Gasteiger charge is -2.14. The van der Waals surface area contributed by atoms with Gasteiger partial charge in [0.2, 0.25) is 5.91 Å². The van der Waals surface area contributed by atoms with E-state index in [0.717, 1.165) is 17.8 Å². The minimum absolute atomic E-state index is 0.361. The minimum atomic E-state index is -0.361. The zero-order valence-electron chi connectivity index (χ0n) is 11.8. The molecule has 0 saturated carbocycles. The molecule has 0 aliphatic heterocycles. The van der Waals surface area contributed by atoms with Gasteiger partial charge in [0.25, 0.3) is 0 Å². The Labute approximate surface area is 123 Å². The molecule has 3 nitrogen and oxygen atoms in total. The monoisotopic (exact) mass is 288 g/mol. The summed E-state index contributed by atoms with van der Waals surface area (Å²) in [6.07, 6.45) is 1.00. The molecule has 2 aromatic rings. The Kier molecular flexibility index (Phi) is 4.93. The van der Waals surface area contributed by atoms with E-state index in [4.69, 9.17) is 5.73 Å². The highest BCUT2D eigenvalue weighted by molar-refractivity contribution is 7.10. The van der Waals surface area contributed by atoms with Crippen LogP contribution in [0.5, 0.6) is 0 Å². The van der Waals surface area contributed by atoms with Crippen LogP contribution in [0, 0.1) is 6.92 Å². The van der Waals surface area contributed by atoms with Crippen molar-refractivity contribution in [2.75, 3.05) is 0 Å². The fourth-order valence-electron chi connectivity index (χ4n) is 2.12. The maximum atomic E-state index is 11.0. The normalized spacial score (nSPS) is 12.3. The van der Waals surface area contributed by atoms with Crippen molar-refractivity contribution in [1.82, 2.24) is 5.32 Å². The van der Waals surface area contributed by atoms with Crippen molar-refractivity contribution in [3.63, 3.8) is 0 Å². The van der Waals surface area contributed by atoms with Crippen molar-refractivity contribution < 1.29 is 4.79 Å². The van der Waals surface area contributed by atoms with Crippen molar-refractivity contribution in [3.8, 4) is 0 Å². The van der Waals surface area contributed by atoms with Gasteiger partial charge in [-0.2, -0.15) is 0 Å². The van der Waals surface area contributed by atoms with Gasteiger partial charge in [0.05, 0.1) is 5.56 Å². The molecule has 4 heteroatoms. The van der Waals surface area contributed by atoms with Gasteiger partial charge in [-0.1, -0.05) is 24.3 Å². The number of benzene rings is 1. The van der Waals surface area contributed by atoms with Crippen LogP contribution in [-0.2, 0) is 13.0 Å². The summed E-state index contributed by atoms with van der Waals surface area (Å²) in [6.45, 7) is 5.08. The molecular weight excluding hydrogens is 268 g/mol. The van der Waals surface area contributed by atoms with Gasteiger partial charge in [-0.05, 0) is 37.5 Å². The van der Waals surface area contributed by atoms with Crippen molar-refractivity contribution in [2.24, 2.45) is 5.73 Å². The van der Waals surface area contributed by atoms with E-state index in [1.807, 2.05) is 11.4 Å². The Morgan fingerprint density at radius 2 is 2.15 bits per heavy atom. The second kappa shape index (κ2) is 6.68. The van der Waals surface area contributed by atoms with Crippen molar-refractivity contribution >= 4 is 17.2 Å². The summed E-state index contributed by atoms with van der Waals surface area (Å²) >= 11 is 1.57. The molecule has 3 N–H and O–H groups in total. The fourth-order valence-corrected chi connectivity index (χ4v) is 2.94. The van der Waals surface area contributed by atoms with Crippen LogP contribution in [0.3, 0.4) is 0 Å². The number of nitrogens with one attached hydrogen (secondary N) is 1. The largest absolute Gasteiger partial charge is 0.366 e. The predicted molar refractivity (Wildman–Crippen MR) is 84.0 cm³/mol. The average Bonchev–Trinajstić information content (AvgIpc) is 2.88. The van der Waals surface area contributed by atoms with Crippen LogP contribution >= 0.6 is 11.3 Å². The first-order chi connectivity index (χ1) is 9.56. The SMILES string of the molecule is Cc1ccccc1CC(C)NCc1cc(C(N)=O)cs1. The fraction of sp³-hybridized carbons (Fsp3) is 0.312. The van der Waals surface area contributed by atoms with Gasteiger partial charge < -0.3 is 11.1 Å². The van der Waals surface area contributed by atoms with E-state index in [1.165, 1.54) is 11.1 Å². The molecule has 0 saturated heterocycles. The van der Waals surface area contributed by atoms with Crippen molar-refractivity contribution in [1.29, 1.82) is 0 Å². The highest BCUT2D eigenvalue weighted by Gasteiger charge is 2.08. The van der Waals surface area contributed by atoms with Crippen LogP contribution in [0.15, 0.2) is 35.7 Å². The van der Waals surface area contributed by atoms with Gasteiger partial charge >= 0.3 is 0 Å². The van der Waals surface area contributed by atoms with Crippen molar-refractivity contribution in [3.05, 3.63) is 57.3 Å². The second-order valence-electron chi connectivity index (χ2n) is 5.08. The third kappa shape index (κ3) is 3.92. The lowest BCUT2D eigenvalue weighted by molar-refractivity contribution is 0.100. The number of aryl methyl sites for hydroxylation is 1. The van der Waals surface area contributed by atoms with E-state index >= 15 is 0 Å². The molecule has 0 bridgehead atoms. The van der Waals surface area contributed by atoms with Gasteiger partial charge in [0.15, 0.2) is 0 Å². The zero-order chi connectivity index (χ0) is 14.5. The number of rotatable bonds is 6. The van der Waals surface area contributed by atoms with E-state index in [0.29, 0.717) is 11.6 Å². The van der Waals surface area contributed by atoms with Crippen LogP contribution in [0.4, 0.5) is 0 Å². The molecule has 1 heterocycles. The molecule has 0 aliphatic rings. The summed E-state index contributed by atoms with van der Waals surface area (Å²) in [5.74, 6) is -0.361. The lowest BCUT2D eigenvalue weighted by atomic mass is 10.0. The summed E-state index contributed by atoms with van der Waals surface area (Å²) in [7, 11) is 0. The summed E-state index contributed by atoms with van der Waals surface area (Å²) in [4.78, 5) is 12.2. The number of nitrogens with two attached hydrogens (primary N) is 1.